The van der Waals surface area contributed by atoms with Crippen LogP contribution < -0.4 is 5.84 Å². The molecule has 1 aliphatic rings. The molecule has 1 unspecified atom stereocenters. The predicted octanol–water partition coefficient (Wildman–Crippen LogP) is 4.74. The molecule has 0 saturated carbocycles. The molecule has 34 heavy (non-hydrogen) atoms. The van der Waals surface area contributed by atoms with Gasteiger partial charge < -0.3 is 15.3 Å². The SMILES string of the molecule is Cc1cc(C2=NC(c3cc(C)c(O)c(C)c3)N(N)C(c3cc(C)c(O)c(C)c3)=N2)cc(C)c1O. The minimum atomic E-state index is -0.593. The zero-order chi connectivity index (χ0) is 24.9. The maximum atomic E-state index is 10.3. The van der Waals surface area contributed by atoms with E-state index in [0.29, 0.717) is 11.7 Å². The number of aryl methyl sites for hydroxylation is 6. The summed E-state index contributed by atoms with van der Waals surface area (Å²) in [5, 5.41) is 32.3. The Hall–Kier alpha value is -3.84. The lowest BCUT2D eigenvalue weighted by Crippen LogP contribution is -2.43. The van der Waals surface area contributed by atoms with Gasteiger partial charge >= 0.3 is 0 Å². The minimum Gasteiger partial charge on any atom is -0.507 e. The van der Waals surface area contributed by atoms with Crippen LogP contribution in [0.5, 0.6) is 17.2 Å². The molecule has 0 aliphatic carbocycles. The van der Waals surface area contributed by atoms with E-state index in [1.807, 2.05) is 77.9 Å². The molecule has 1 heterocycles. The van der Waals surface area contributed by atoms with Crippen molar-refractivity contribution < 1.29 is 15.3 Å². The van der Waals surface area contributed by atoms with Gasteiger partial charge in [0, 0.05) is 11.1 Å². The number of aromatic hydroxyl groups is 3. The first-order chi connectivity index (χ1) is 16.0. The zero-order valence-electron chi connectivity index (χ0n) is 20.3. The lowest BCUT2D eigenvalue weighted by atomic mass is 10.0. The fraction of sp³-hybridized carbons (Fsp3) is 0.259. The Labute approximate surface area is 199 Å². The van der Waals surface area contributed by atoms with Crippen molar-refractivity contribution in [2.75, 3.05) is 0 Å². The number of aliphatic imine (C=N–C) groups is 2. The van der Waals surface area contributed by atoms with Crippen molar-refractivity contribution in [2.45, 2.75) is 47.7 Å². The van der Waals surface area contributed by atoms with Gasteiger partial charge in [0.2, 0.25) is 0 Å². The first-order valence-electron chi connectivity index (χ1n) is 11.1. The fourth-order valence-electron chi connectivity index (χ4n) is 4.38. The number of phenolic OH excluding ortho intramolecular Hbond substituents is 3. The largest absolute Gasteiger partial charge is 0.507 e. The van der Waals surface area contributed by atoms with Gasteiger partial charge in [-0.2, -0.15) is 0 Å². The molecule has 5 N–H and O–H groups in total. The number of benzene rings is 3. The van der Waals surface area contributed by atoms with E-state index in [1.54, 1.807) is 0 Å². The fourth-order valence-corrected chi connectivity index (χ4v) is 4.38. The van der Waals surface area contributed by atoms with Crippen LogP contribution in [-0.2, 0) is 0 Å². The average molecular weight is 459 g/mol. The van der Waals surface area contributed by atoms with Crippen LogP contribution in [0.3, 0.4) is 0 Å². The summed E-state index contributed by atoms with van der Waals surface area (Å²) in [7, 11) is 0. The second kappa shape index (κ2) is 8.50. The van der Waals surface area contributed by atoms with E-state index in [9.17, 15) is 15.3 Å². The van der Waals surface area contributed by atoms with E-state index in [2.05, 4.69) is 0 Å². The summed E-state index contributed by atoms with van der Waals surface area (Å²) in [5.74, 6) is 8.34. The molecule has 4 rings (SSSR count). The van der Waals surface area contributed by atoms with Gasteiger partial charge in [0.15, 0.2) is 17.8 Å². The van der Waals surface area contributed by atoms with Crippen molar-refractivity contribution in [3.8, 4) is 17.2 Å². The Morgan fingerprint density at radius 2 is 1.03 bits per heavy atom. The summed E-state index contributed by atoms with van der Waals surface area (Å²) in [6, 6.07) is 11.1. The molecule has 176 valence electrons. The molecule has 0 aromatic heterocycles. The second-order valence-corrected chi connectivity index (χ2v) is 9.09. The van der Waals surface area contributed by atoms with Crippen molar-refractivity contribution in [3.05, 3.63) is 86.5 Å². The summed E-state index contributed by atoms with van der Waals surface area (Å²) in [6.07, 6.45) is -0.593. The number of nitrogens with two attached hydrogens (primary N) is 1. The molecular formula is C27H30N4O3. The molecule has 0 spiro atoms. The van der Waals surface area contributed by atoms with Crippen LogP contribution in [0.25, 0.3) is 0 Å². The van der Waals surface area contributed by atoms with Crippen LogP contribution in [0.4, 0.5) is 0 Å². The van der Waals surface area contributed by atoms with Crippen LogP contribution in [0.1, 0.15) is 56.2 Å². The number of hydrogen-bond donors (Lipinski definition) is 4. The van der Waals surface area contributed by atoms with Gasteiger partial charge in [-0.1, -0.05) is 0 Å². The normalized spacial score (nSPS) is 15.9. The van der Waals surface area contributed by atoms with Crippen LogP contribution >= 0.6 is 0 Å². The Bertz CT molecular complexity index is 1310. The maximum Gasteiger partial charge on any atom is 0.164 e. The number of rotatable bonds is 3. The second-order valence-electron chi connectivity index (χ2n) is 9.09. The van der Waals surface area contributed by atoms with Crippen LogP contribution in [0.15, 0.2) is 46.4 Å². The minimum absolute atomic E-state index is 0.240. The Morgan fingerprint density at radius 1 is 0.647 bits per heavy atom. The van der Waals surface area contributed by atoms with Crippen molar-refractivity contribution >= 4 is 11.7 Å². The maximum absolute atomic E-state index is 10.3. The number of nitrogens with zero attached hydrogens (tertiary/aromatic N) is 3. The first-order valence-corrected chi connectivity index (χ1v) is 11.1. The van der Waals surface area contributed by atoms with Gasteiger partial charge in [-0.25, -0.2) is 15.8 Å². The zero-order valence-corrected chi connectivity index (χ0v) is 20.3. The van der Waals surface area contributed by atoms with Gasteiger partial charge in [0.25, 0.3) is 0 Å². The Morgan fingerprint density at radius 3 is 1.47 bits per heavy atom. The monoisotopic (exact) mass is 458 g/mol. The van der Waals surface area contributed by atoms with Gasteiger partial charge in [0.1, 0.15) is 17.2 Å². The molecule has 0 fully saturated rings. The topological polar surface area (TPSA) is 115 Å². The molecule has 0 bridgehead atoms. The van der Waals surface area contributed by atoms with Gasteiger partial charge in [-0.05, 0) is 117 Å². The lowest BCUT2D eigenvalue weighted by Gasteiger charge is -2.32. The average Bonchev–Trinajstić information content (AvgIpc) is 2.78. The summed E-state index contributed by atoms with van der Waals surface area (Å²) in [4.78, 5) is 9.70. The number of hydrogen-bond acceptors (Lipinski definition) is 7. The standard InChI is InChI=1S/C27H30N4O3/c1-13-7-19(8-14(2)22(13)32)25-29-26(20-9-15(3)23(33)16(4)10-20)31(28)27(30-25)21-11-17(5)24(34)18(6)12-21/h7-12,26,32-34H,28H2,1-6H3. The molecular weight excluding hydrogens is 428 g/mol. The molecule has 0 amide bonds. The van der Waals surface area contributed by atoms with Crippen LogP contribution in [0.2, 0.25) is 0 Å². The lowest BCUT2D eigenvalue weighted by molar-refractivity contribution is 0.332. The molecule has 3 aromatic carbocycles. The third-order valence-corrected chi connectivity index (χ3v) is 6.27. The Balaban J connectivity index is 1.94. The molecule has 3 aromatic rings. The van der Waals surface area contributed by atoms with Crippen molar-refractivity contribution in [3.63, 3.8) is 0 Å². The van der Waals surface area contributed by atoms with Gasteiger partial charge in [0.05, 0.1) is 0 Å². The third-order valence-electron chi connectivity index (χ3n) is 6.27. The third kappa shape index (κ3) is 3.99. The van der Waals surface area contributed by atoms with Crippen molar-refractivity contribution in [2.24, 2.45) is 15.8 Å². The number of phenols is 3. The molecule has 0 radical (unpaired) electrons. The summed E-state index contributed by atoms with van der Waals surface area (Å²) < 4.78 is 0. The van der Waals surface area contributed by atoms with E-state index < -0.39 is 6.17 Å². The molecule has 1 aliphatic heterocycles. The van der Waals surface area contributed by atoms with Crippen LogP contribution in [-0.4, -0.2) is 32.0 Å². The van der Waals surface area contributed by atoms with E-state index in [4.69, 9.17) is 15.8 Å². The molecule has 7 heteroatoms. The predicted molar refractivity (Wildman–Crippen MR) is 135 cm³/mol. The molecule has 0 saturated heterocycles. The first kappa shape index (κ1) is 23.3. The summed E-state index contributed by atoms with van der Waals surface area (Å²) >= 11 is 0. The van der Waals surface area contributed by atoms with Crippen molar-refractivity contribution in [1.82, 2.24) is 5.01 Å². The van der Waals surface area contributed by atoms with Crippen LogP contribution in [0, 0.1) is 41.5 Å². The van der Waals surface area contributed by atoms with Gasteiger partial charge in [-0.15, -0.1) is 0 Å². The highest BCUT2D eigenvalue weighted by molar-refractivity contribution is 6.13. The number of hydrazine groups is 1. The molecule has 1 atom stereocenters. The summed E-state index contributed by atoms with van der Waals surface area (Å²) in [5.41, 5.74) is 6.71. The summed E-state index contributed by atoms with van der Waals surface area (Å²) in [6.45, 7) is 11.0. The van der Waals surface area contributed by atoms with Gasteiger partial charge in [-0.3, -0.25) is 5.01 Å². The van der Waals surface area contributed by atoms with E-state index in [1.165, 1.54) is 5.01 Å². The van der Waals surface area contributed by atoms with Crippen molar-refractivity contribution in [1.29, 1.82) is 0 Å². The highest BCUT2D eigenvalue weighted by Crippen LogP contribution is 2.34. The Kier molecular flexibility index (Phi) is 5.83. The van der Waals surface area contributed by atoms with E-state index in [0.717, 1.165) is 50.1 Å². The van der Waals surface area contributed by atoms with E-state index >= 15 is 0 Å². The van der Waals surface area contributed by atoms with E-state index in [-0.39, 0.29) is 17.2 Å². The number of amidine groups is 2. The highest BCUT2D eigenvalue weighted by Gasteiger charge is 2.29. The smallest absolute Gasteiger partial charge is 0.164 e. The highest BCUT2D eigenvalue weighted by atomic mass is 16.3. The molecule has 7 nitrogen and oxygen atoms in total. The quantitative estimate of drug-likeness (QED) is 0.424.